The van der Waals surface area contributed by atoms with Crippen molar-refractivity contribution in [3.8, 4) is 0 Å². The summed E-state index contributed by atoms with van der Waals surface area (Å²) in [5, 5.41) is 5.04. The molecule has 0 saturated heterocycles. The summed E-state index contributed by atoms with van der Waals surface area (Å²) in [4.78, 5) is 4.17. The zero-order chi connectivity index (χ0) is 9.31. The summed E-state index contributed by atoms with van der Waals surface area (Å²) in [5.74, 6) is 2.13. The molecule has 0 aromatic carbocycles. The molecule has 0 unspecified atom stereocenters. The third-order valence-electron chi connectivity index (χ3n) is 2.47. The van der Waals surface area contributed by atoms with Gasteiger partial charge in [0.25, 0.3) is 0 Å². The van der Waals surface area contributed by atoms with E-state index in [0.717, 1.165) is 16.7 Å². The lowest BCUT2D eigenvalue weighted by molar-refractivity contribution is 0.664. The molecule has 3 nitrogen and oxygen atoms in total. The van der Waals surface area contributed by atoms with Gasteiger partial charge in [0.05, 0.1) is 0 Å². The highest BCUT2D eigenvalue weighted by molar-refractivity contribution is 7.99. The molecule has 1 heterocycles. The Hall–Kier alpha value is -0.160. The molecule has 1 fully saturated rings. The fraction of sp³-hybridized carbons (Fsp3) is 0.750. The van der Waals surface area contributed by atoms with E-state index >= 15 is 0 Å². The average Bonchev–Trinajstić information content (AvgIpc) is 2.82. The minimum absolute atomic E-state index is 0.500. The summed E-state index contributed by atoms with van der Waals surface area (Å²) in [7, 11) is 1.93. The molecule has 5 heteroatoms. The molecule has 0 N–H and O–H groups in total. The lowest BCUT2D eigenvalue weighted by atomic mass is 10.2. The van der Waals surface area contributed by atoms with E-state index < -0.39 is 0 Å². The molecule has 0 amide bonds. The van der Waals surface area contributed by atoms with Gasteiger partial charge >= 0.3 is 0 Å². The van der Waals surface area contributed by atoms with Crippen molar-refractivity contribution in [1.29, 1.82) is 0 Å². The zero-order valence-corrected chi connectivity index (χ0v) is 9.31. The van der Waals surface area contributed by atoms with Gasteiger partial charge in [-0.15, -0.1) is 0 Å². The molecule has 0 spiro atoms. The lowest BCUT2D eigenvalue weighted by Crippen LogP contribution is -2.06. The van der Waals surface area contributed by atoms with Crippen LogP contribution in [0.2, 0.25) is 0 Å². The minimum atomic E-state index is 0.500. The quantitative estimate of drug-likeness (QED) is 0.611. The number of aryl methyl sites for hydroxylation is 1. The highest BCUT2D eigenvalue weighted by atomic mass is 32.2. The first-order chi connectivity index (χ1) is 6.26. The van der Waals surface area contributed by atoms with Crippen molar-refractivity contribution < 1.29 is 0 Å². The molecule has 1 saturated carbocycles. The van der Waals surface area contributed by atoms with Crippen LogP contribution < -0.4 is 0 Å². The van der Waals surface area contributed by atoms with Gasteiger partial charge in [-0.3, -0.25) is 0 Å². The summed E-state index contributed by atoms with van der Waals surface area (Å²) < 4.78 is 1.82. The van der Waals surface area contributed by atoms with Crippen molar-refractivity contribution in [2.45, 2.75) is 18.0 Å². The first-order valence-electron chi connectivity index (χ1n) is 4.33. The second-order valence-corrected chi connectivity index (χ2v) is 4.87. The first kappa shape index (κ1) is 9.40. The molecule has 1 aromatic heterocycles. The van der Waals surface area contributed by atoms with Gasteiger partial charge in [-0.05, 0) is 24.0 Å². The molecule has 1 aliphatic carbocycles. The second-order valence-electron chi connectivity index (χ2n) is 3.61. The predicted molar refractivity (Wildman–Crippen MR) is 57.2 cm³/mol. The van der Waals surface area contributed by atoms with Gasteiger partial charge in [0.2, 0.25) is 0 Å². The molecule has 72 valence electrons. The van der Waals surface area contributed by atoms with Gasteiger partial charge in [0, 0.05) is 12.8 Å². The van der Waals surface area contributed by atoms with Crippen molar-refractivity contribution in [1.82, 2.24) is 14.8 Å². The van der Waals surface area contributed by atoms with Crippen LogP contribution in [0.1, 0.15) is 12.8 Å². The maximum atomic E-state index is 4.36. The summed E-state index contributed by atoms with van der Waals surface area (Å²) >= 11 is 6.15. The van der Waals surface area contributed by atoms with E-state index in [1.807, 2.05) is 11.7 Å². The molecule has 1 aliphatic rings. The number of rotatable bonds is 4. The topological polar surface area (TPSA) is 30.7 Å². The van der Waals surface area contributed by atoms with Crippen LogP contribution in [-0.4, -0.2) is 26.3 Å². The van der Waals surface area contributed by atoms with Crippen molar-refractivity contribution in [3.05, 3.63) is 6.33 Å². The Bertz CT molecular complexity index is 293. The van der Waals surface area contributed by atoms with Crippen LogP contribution in [0.25, 0.3) is 0 Å². The fourth-order valence-corrected chi connectivity index (χ4v) is 2.92. The minimum Gasteiger partial charge on any atom is -0.244 e. The Kier molecular flexibility index (Phi) is 2.55. The van der Waals surface area contributed by atoms with E-state index in [1.165, 1.54) is 12.8 Å². The lowest BCUT2D eigenvalue weighted by Gasteiger charge is -2.09. The third kappa shape index (κ3) is 2.02. The maximum absolute atomic E-state index is 4.36. The zero-order valence-electron chi connectivity index (χ0n) is 7.60. The predicted octanol–water partition coefficient (Wildman–Crippen LogP) is 1.62. The van der Waals surface area contributed by atoms with Crippen LogP contribution in [0.5, 0.6) is 0 Å². The standard InChI is InChI=1S/C8H13N3S2/c1-11-7(9-6-10-11)13-5-8(4-12)2-3-8/h6,12H,2-5H2,1H3. The molecule has 0 aliphatic heterocycles. The van der Waals surface area contributed by atoms with E-state index in [4.69, 9.17) is 0 Å². The van der Waals surface area contributed by atoms with Gasteiger partial charge in [0.1, 0.15) is 6.33 Å². The Morgan fingerprint density at radius 2 is 2.46 bits per heavy atom. The molecule has 1 aromatic rings. The maximum Gasteiger partial charge on any atom is 0.185 e. The Morgan fingerprint density at radius 1 is 1.69 bits per heavy atom. The summed E-state index contributed by atoms with van der Waals surface area (Å²) in [6.45, 7) is 0. The Labute approximate surface area is 87.7 Å². The number of thioether (sulfide) groups is 1. The smallest absolute Gasteiger partial charge is 0.185 e. The molecule has 0 atom stereocenters. The van der Waals surface area contributed by atoms with Crippen molar-refractivity contribution in [2.75, 3.05) is 11.5 Å². The van der Waals surface area contributed by atoms with Crippen LogP contribution in [-0.2, 0) is 7.05 Å². The second kappa shape index (κ2) is 3.53. The number of hydrogen-bond acceptors (Lipinski definition) is 4. The fourth-order valence-electron chi connectivity index (χ4n) is 1.16. The molecule has 0 bridgehead atoms. The number of hydrogen-bond donors (Lipinski definition) is 1. The van der Waals surface area contributed by atoms with Crippen molar-refractivity contribution >= 4 is 24.4 Å². The number of nitrogens with zero attached hydrogens (tertiary/aromatic N) is 3. The molecular weight excluding hydrogens is 202 g/mol. The van der Waals surface area contributed by atoms with Crippen LogP contribution in [0.3, 0.4) is 0 Å². The molecule has 0 radical (unpaired) electrons. The Morgan fingerprint density at radius 3 is 2.92 bits per heavy atom. The molecule has 13 heavy (non-hydrogen) atoms. The number of thiol groups is 1. The van der Waals surface area contributed by atoms with E-state index in [1.54, 1.807) is 18.1 Å². The summed E-state index contributed by atoms with van der Waals surface area (Å²) in [6.07, 6.45) is 4.24. The van der Waals surface area contributed by atoms with Crippen molar-refractivity contribution in [2.24, 2.45) is 12.5 Å². The largest absolute Gasteiger partial charge is 0.244 e. The van der Waals surface area contributed by atoms with Crippen LogP contribution in [0.4, 0.5) is 0 Å². The average molecular weight is 215 g/mol. The first-order valence-corrected chi connectivity index (χ1v) is 5.95. The van der Waals surface area contributed by atoms with Gasteiger partial charge < -0.3 is 0 Å². The van der Waals surface area contributed by atoms with E-state index in [2.05, 4.69) is 22.7 Å². The molecule has 2 rings (SSSR count). The van der Waals surface area contributed by atoms with Crippen LogP contribution >= 0.6 is 24.4 Å². The van der Waals surface area contributed by atoms with E-state index in [9.17, 15) is 0 Å². The molecular formula is C8H13N3S2. The van der Waals surface area contributed by atoms with Gasteiger partial charge in [0.15, 0.2) is 5.16 Å². The van der Waals surface area contributed by atoms with E-state index in [0.29, 0.717) is 5.41 Å². The van der Waals surface area contributed by atoms with Gasteiger partial charge in [-0.1, -0.05) is 11.8 Å². The van der Waals surface area contributed by atoms with Crippen molar-refractivity contribution in [3.63, 3.8) is 0 Å². The van der Waals surface area contributed by atoms with Crippen LogP contribution in [0.15, 0.2) is 11.5 Å². The third-order valence-corrected chi connectivity index (χ3v) is 4.53. The summed E-state index contributed by atoms with van der Waals surface area (Å²) in [6, 6.07) is 0. The SMILES string of the molecule is Cn1ncnc1SCC1(CS)CC1. The highest BCUT2D eigenvalue weighted by Crippen LogP contribution is 2.49. The van der Waals surface area contributed by atoms with Gasteiger partial charge in [-0.25, -0.2) is 9.67 Å². The summed E-state index contributed by atoms with van der Waals surface area (Å²) in [5.41, 5.74) is 0.500. The normalized spacial score (nSPS) is 18.9. The van der Waals surface area contributed by atoms with E-state index in [-0.39, 0.29) is 0 Å². The van der Waals surface area contributed by atoms with Crippen LogP contribution in [0, 0.1) is 5.41 Å². The Balaban J connectivity index is 1.90. The highest BCUT2D eigenvalue weighted by Gasteiger charge is 2.41. The van der Waals surface area contributed by atoms with Gasteiger partial charge in [-0.2, -0.15) is 17.7 Å². The number of aromatic nitrogens is 3. The monoisotopic (exact) mass is 215 g/mol.